The number of aromatic nitrogens is 3. The molecule has 226 valence electrons. The second-order valence-corrected chi connectivity index (χ2v) is 11.7. The molecular formula is C29H27Cl3N4O6S. The van der Waals surface area contributed by atoms with Crippen LogP contribution in [0.3, 0.4) is 0 Å². The smallest absolute Gasteiger partial charge is 0.325 e. The van der Waals surface area contributed by atoms with Gasteiger partial charge in [0.05, 0.1) is 5.02 Å². The molecular weight excluding hydrogens is 639 g/mol. The van der Waals surface area contributed by atoms with Gasteiger partial charge in [0.1, 0.15) is 54.5 Å². The van der Waals surface area contributed by atoms with Gasteiger partial charge in [0, 0.05) is 22.0 Å². The number of halogens is 3. The summed E-state index contributed by atoms with van der Waals surface area (Å²) in [5.74, 6) is -0.427. The molecule has 0 radical (unpaired) electrons. The van der Waals surface area contributed by atoms with Gasteiger partial charge in [-0.1, -0.05) is 34.8 Å². The standard InChI is InChI=1S/C29H27Cl3N4O6S/c1-43-27(40-21-8-4-19(31)5-9-21)13-25(33)28(37)41-26-14-38-29(42-26,15-36-17-34-16-35-36)23-11-10-22(12-24(23)32)39-20-6-2-18(30)3-7-20/h2-12,16-17,25-27H,13-15,33H2,1H3. The molecule has 2 heterocycles. The van der Waals surface area contributed by atoms with Gasteiger partial charge in [-0.05, 0) is 73.0 Å². The normalized spacial score (nSPS) is 19.5. The van der Waals surface area contributed by atoms with E-state index in [4.69, 9.17) is 64.2 Å². The summed E-state index contributed by atoms with van der Waals surface area (Å²) < 4.78 is 31.3. The summed E-state index contributed by atoms with van der Waals surface area (Å²) in [4.78, 5) is 17.0. The number of nitrogens with zero attached hydrogens (tertiary/aromatic N) is 3. The summed E-state index contributed by atoms with van der Waals surface area (Å²) in [5.41, 5.74) is 6.28. The average Bonchev–Trinajstić information content (AvgIpc) is 3.65. The van der Waals surface area contributed by atoms with Crippen molar-refractivity contribution in [1.82, 2.24) is 14.8 Å². The first kappa shape index (κ1) is 31.4. The Bertz CT molecular complexity index is 1510. The maximum Gasteiger partial charge on any atom is 0.325 e. The quantitative estimate of drug-likeness (QED) is 0.137. The van der Waals surface area contributed by atoms with E-state index in [2.05, 4.69) is 10.1 Å². The Balaban J connectivity index is 1.27. The van der Waals surface area contributed by atoms with Crippen LogP contribution < -0.4 is 15.2 Å². The third-order valence-corrected chi connectivity index (χ3v) is 7.98. The first-order valence-electron chi connectivity index (χ1n) is 13.0. The van der Waals surface area contributed by atoms with Crippen LogP contribution in [0.2, 0.25) is 15.1 Å². The maximum absolute atomic E-state index is 13.0. The van der Waals surface area contributed by atoms with Gasteiger partial charge in [-0.15, -0.1) is 11.8 Å². The number of ether oxygens (including phenoxy) is 5. The molecule has 4 aromatic rings. The van der Waals surface area contributed by atoms with Crippen molar-refractivity contribution < 1.29 is 28.5 Å². The molecule has 43 heavy (non-hydrogen) atoms. The van der Waals surface area contributed by atoms with Crippen molar-refractivity contribution in [3.8, 4) is 17.2 Å². The lowest BCUT2D eigenvalue weighted by Crippen LogP contribution is -2.39. The second-order valence-electron chi connectivity index (χ2n) is 9.42. The Labute approximate surface area is 267 Å². The van der Waals surface area contributed by atoms with Crippen LogP contribution in [0, 0.1) is 0 Å². The van der Waals surface area contributed by atoms with E-state index in [1.807, 2.05) is 6.26 Å². The number of nitrogens with two attached hydrogens (primary N) is 1. The SMILES string of the molecule is CSC(CC(N)C(=O)OC1COC(Cn2cncn2)(c2ccc(Oc3ccc(Cl)cc3)cc2Cl)O1)Oc1ccc(Cl)cc1. The highest BCUT2D eigenvalue weighted by Crippen LogP contribution is 2.41. The van der Waals surface area contributed by atoms with E-state index in [9.17, 15) is 4.79 Å². The van der Waals surface area contributed by atoms with Gasteiger partial charge in [0.25, 0.3) is 0 Å². The highest BCUT2D eigenvalue weighted by Gasteiger charge is 2.47. The zero-order chi connectivity index (χ0) is 30.4. The summed E-state index contributed by atoms with van der Waals surface area (Å²) in [6.45, 7) is 0.00738. The third-order valence-electron chi connectivity index (χ3n) is 6.35. The lowest BCUT2D eigenvalue weighted by Gasteiger charge is -2.29. The molecule has 4 unspecified atom stereocenters. The van der Waals surface area contributed by atoms with E-state index in [0.29, 0.717) is 37.9 Å². The van der Waals surface area contributed by atoms with Gasteiger partial charge in [-0.3, -0.25) is 4.79 Å². The minimum atomic E-state index is -1.45. The van der Waals surface area contributed by atoms with Gasteiger partial charge in [0.15, 0.2) is 0 Å². The van der Waals surface area contributed by atoms with Crippen LogP contribution in [-0.4, -0.2) is 51.4 Å². The Morgan fingerprint density at radius 2 is 1.74 bits per heavy atom. The molecule has 2 N–H and O–H groups in total. The van der Waals surface area contributed by atoms with Crippen molar-refractivity contribution in [2.45, 2.75) is 36.5 Å². The number of benzene rings is 3. The first-order chi connectivity index (χ1) is 20.7. The van der Waals surface area contributed by atoms with Crippen LogP contribution in [0.4, 0.5) is 0 Å². The van der Waals surface area contributed by atoms with Gasteiger partial charge < -0.3 is 29.4 Å². The lowest BCUT2D eigenvalue weighted by atomic mass is 10.1. The van der Waals surface area contributed by atoms with Crippen LogP contribution in [-0.2, 0) is 31.3 Å². The Morgan fingerprint density at radius 1 is 1.07 bits per heavy atom. The molecule has 3 aromatic carbocycles. The second kappa shape index (κ2) is 14.2. The highest BCUT2D eigenvalue weighted by molar-refractivity contribution is 7.99. The van der Waals surface area contributed by atoms with E-state index in [-0.39, 0.29) is 19.6 Å². The minimum Gasteiger partial charge on any atom is -0.480 e. The molecule has 1 fully saturated rings. The molecule has 10 nitrogen and oxygen atoms in total. The molecule has 0 spiro atoms. The number of thioether (sulfide) groups is 1. The van der Waals surface area contributed by atoms with Crippen molar-refractivity contribution in [2.75, 3.05) is 12.9 Å². The molecule has 5 rings (SSSR count). The van der Waals surface area contributed by atoms with Gasteiger partial charge in [0.2, 0.25) is 12.1 Å². The van der Waals surface area contributed by atoms with Crippen LogP contribution in [0.25, 0.3) is 0 Å². The van der Waals surface area contributed by atoms with Gasteiger partial charge >= 0.3 is 5.97 Å². The number of esters is 1. The van der Waals surface area contributed by atoms with E-state index in [0.717, 1.165) is 0 Å². The van der Waals surface area contributed by atoms with E-state index >= 15 is 0 Å². The number of carbonyl (C=O) groups excluding carboxylic acids is 1. The van der Waals surface area contributed by atoms with Crippen LogP contribution in [0.1, 0.15) is 12.0 Å². The lowest BCUT2D eigenvalue weighted by molar-refractivity contribution is -0.226. The Hall–Kier alpha value is -3.03. The largest absolute Gasteiger partial charge is 0.480 e. The monoisotopic (exact) mass is 664 g/mol. The number of rotatable bonds is 12. The summed E-state index contributed by atoms with van der Waals surface area (Å²) in [5, 5.41) is 5.66. The fraction of sp³-hybridized carbons (Fsp3) is 0.276. The fourth-order valence-electron chi connectivity index (χ4n) is 4.26. The third kappa shape index (κ3) is 8.12. The molecule has 0 aliphatic carbocycles. The van der Waals surface area contributed by atoms with E-state index < -0.39 is 29.5 Å². The number of hydrogen-bond acceptors (Lipinski definition) is 10. The van der Waals surface area contributed by atoms with E-state index in [1.165, 1.54) is 29.1 Å². The minimum absolute atomic E-state index is 0.0697. The predicted octanol–water partition coefficient (Wildman–Crippen LogP) is 6.29. The average molecular weight is 666 g/mol. The van der Waals surface area contributed by atoms with Gasteiger partial charge in [-0.25, -0.2) is 9.67 Å². The Morgan fingerprint density at radius 3 is 2.37 bits per heavy atom. The van der Waals surface area contributed by atoms with Crippen molar-refractivity contribution in [2.24, 2.45) is 5.73 Å². The molecule has 4 atom stereocenters. The maximum atomic E-state index is 13.0. The molecule has 1 saturated heterocycles. The number of hydrogen-bond donors (Lipinski definition) is 1. The van der Waals surface area contributed by atoms with Crippen LogP contribution >= 0.6 is 46.6 Å². The molecule has 1 aliphatic heterocycles. The van der Waals surface area contributed by atoms with E-state index in [1.54, 1.807) is 66.7 Å². The molecule has 0 amide bonds. The van der Waals surface area contributed by atoms with Crippen LogP contribution in [0.15, 0.2) is 79.4 Å². The fourth-order valence-corrected chi connectivity index (χ4v) is 5.44. The van der Waals surface area contributed by atoms with Crippen molar-refractivity contribution in [3.05, 3.63) is 100 Å². The summed E-state index contributed by atoms with van der Waals surface area (Å²) in [7, 11) is 0. The molecule has 0 saturated carbocycles. The molecule has 14 heteroatoms. The van der Waals surface area contributed by atoms with Gasteiger partial charge in [-0.2, -0.15) is 5.10 Å². The zero-order valence-corrected chi connectivity index (χ0v) is 25.9. The first-order valence-corrected chi connectivity index (χ1v) is 15.4. The van der Waals surface area contributed by atoms with Crippen molar-refractivity contribution in [1.29, 1.82) is 0 Å². The summed E-state index contributed by atoms with van der Waals surface area (Å²) >= 11 is 20.1. The van der Waals surface area contributed by atoms with Crippen molar-refractivity contribution in [3.63, 3.8) is 0 Å². The summed E-state index contributed by atoms with van der Waals surface area (Å²) in [6, 6.07) is 18.0. The van der Waals surface area contributed by atoms with Crippen LogP contribution in [0.5, 0.6) is 17.2 Å². The molecule has 1 aromatic heterocycles. The summed E-state index contributed by atoms with van der Waals surface area (Å²) in [6.07, 6.45) is 3.90. The number of carbonyl (C=O) groups is 1. The molecule has 0 bridgehead atoms. The van der Waals surface area contributed by atoms with Crippen molar-refractivity contribution >= 4 is 52.5 Å². The highest BCUT2D eigenvalue weighted by atomic mass is 35.5. The Kier molecular flexibility index (Phi) is 10.3. The molecule has 1 aliphatic rings. The predicted molar refractivity (Wildman–Crippen MR) is 164 cm³/mol. The zero-order valence-electron chi connectivity index (χ0n) is 22.8. The topological polar surface area (TPSA) is 120 Å².